The molecule has 22 heavy (non-hydrogen) atoms. The van der Waals surface area contributed by atoms with E-state index in [1.54, 1.807) is 13.3 Å². The topological polar surface area (TPSA) is 58.6 Å². The molecule has 6 nitrogen and oxygen atoms in total. The van der Waals surface area contributed by atoms with Gasteiger partial charge in [0.05, 0.1) is 6.61 Å². The minimum atomic E-state index is 0.192. The summed E-state index contributed by atoms with van der Waals surface area (Å²) in [6, 6.07) is 3.95. The molecular weight excluding hydrogens is 280 g/mol. The predicted octanol–water partition coefficient (Wildman–Crippen LogP) is 1.33. The van der Waals surface area contributed by atoms with Crippen molar-refractivity contribution in [2.75, 3.05) is 44.8 Å². The summed E-state index contributed by atoms with van der Waals surface area (Å²) in [6.07, 6.45) is 5.66. The summed E-state index contributed by atoms with van der Waals surface area (Å²) in [4.78, 5) is 16.4. The van der Waals surface area contributed by atoms with E-state index in [1.165, 1.54) is 6.42 Å². The Balaban J connectivity index is 1.71. The highest BCUT2D eigenvalue weighted by atomic mass is 16.5. The van der Waals surface area contributed by atoms with Gasteiger partial charge in [-0.15, -0.1) is 5.10 Å². The summed E-state index contributed by atoms with van der Waals surface area (Å²) in [6.45, 7) is 4.12. The Morgan fingerprint density at radius 1 is 1.36 bits per heavy atom. The minimum Gasteiger partial charge on any atom is -0.383 e. The molecule has 3 rings (SSSR count). The van der Waals surface area contributed by atoms with Crippen LogP contribution >= 0.6 is 0 Å². The van der Waals surface area contributed by atoms with Crippen molar-refractivity contribution in [3.8, 4) is 0 Å². The van der Waals surface area contributed by atoms with E-state index >= 15 is 0 Å². The number of methoxy groups -OCH3 is 1. The average Bonchev–Trinajstić information content (AvgIpc) is 2.57. The molecule has 0 aliphatic carbocycles. The molecule has 2 aliphatic heterocycles. The maximum Gasteiger partial charge on any atom is 0.222 e. The highest BCUT2D eigenvalue weighted by molar-refractivity contribution is 5.77. The number of hydrogen-bond acceptors (Lipinski definition) is 5. The lowest BCUT2D eigenvalue weighted by molar-refractivity contribution is -0.138. The van der Waals surface area contributed by atoms with Crippen molar-refractivity contribution in [1.29, 1.82) is 0 Å². The Labute approximate surface area is 131 Å². The van der Waals surface area contributed by atoms with E-state index in [-0.39, 0.29) is 11.3 Å². The number of likely N-dealkylation sites (tertiary alicyclic amines) is 1. The van der Waals surface area contributed by atoms with Crippen LogP contribution in [0.15, 0.2) is 18.3 Å². The van der Waals surface area contributed by atoms with E-state index in [9.17, 15) is 4.79 Å². The molecule has 120 valence electrons. The third-order valence-electron chi connectivity index (χ3n) is 4.86. The third-order valence-corrected chi connectivity index (χ3v) is 4.86. The van der Waals surface area contributed by atoms with Crippen molar-refractivity contribution in [2.45, 2.75) is 25.7 Å². The Bertz CT molecular complexity index is 510. The summed E-state index contributed by atoms with van der Waals surface area (Å²) in [5.74, 6) is 1.21. The molecule has 0 saturated carbocycles. The highest BCUT2D eigenvalue weighted by Crippen LogP contribution is 2.39. The standard InChI is InChI=1S/C16H24N4O2/c1-22-11-10-20-13-16(7-5-15(20)21)6-3-9-19(12-16)14-4-2-8-17-18-14/h2,4,8H,3,5-7,9-13H2,1H3. The molecule has 1 atom stereocenters. The Hall–Kier alpha value is -1.69. The first-order valence-corrected chi connectivity index (χ1v) is 8.02. The molecule has 2 saturated heterocycles. The van der Waals surface area contributed by atoms with Crippen LogP contribution in [0.2, 0.25) is 0 Å². The number of carbonyl (C=O) groups excluding carboxylic acids is 1. The molecule has 1 spiro atoms. The third kappa shape index (κ3) is 3.21. The van der Waals surface area contributed by atoms with Gasteiger partial charge in [-0.2, -0.15) is 5.10 Å². The first-order valence-electron chi connectivity index (χ1n) is 8.02. The van der Waals surface area contributed by atoms with Gasteiger partial charge in [-0.25, -0.2) is 0 Å². The Kier molecular flexibility index (Phi) is 4.57. The van der Waals surface area contributed by atoms with Gasteiger partial charge in [0.1, 0.15) is 0 Å². The van der Waals surface area contributed by atoms with Gasteiger partial charge in [0.25, 0.3) is 0 Å². The van der Waals surface area contributed by atoms with E-state index < -0.39 is 0 Å². The maximum atomic E-state index is 12.1. The Morgan fingerprint density at radius 3 is 3.05 bits per heavy atom. The van der Waals surface area contributed by atoms with Crippen molar-refractivity contribution in [1.82, 2.24) is 15.1 Å². The van der Waals surface area contributed by atoms with Crippen LogP contribution in [0.25, 0.3) is 0 Å². The van der Waals surface area contributed by atoms with E-state index in [2.05, 4.69) is 15.1 Å². The quantitative estimate of drug-likeness (QED) is 0.840. The number of amides is 1. The fraction of sp³-hybridized carbons (Fsp3) is 0.688. The second-order valence-corrected chi connectivity index (χ2v) is 6.42. The van der Waals surface area contributed by atoms with Crippen LogP contribution in [0.1, 0.15) is 25.7 Å². The van der Waals surface area contributed by atoms with E-state index in [0.29, 0.717) is 19.6 Å². The molecule has 1 unspecified atom stereocenters. The zero-order valence-corrected chi connectivity index (χ0v) is 13.2. The van der Waals surface area contributed by atoms with Crippen molar-refractivity contribution in [2.24, 2.45) is 5.41 Å². The molecule has 0 N–H and O–H groups in total. The molecular formula is C16H24N4O2. The number of hydrogen-bond donors (Lipinski definition) is 0. The van der Waals surface area contributed by atoms with Crippen molar-refractivity contribution in [3.63, 3.8) is 0 Å². The SMILES string of the molecule is COCCN1CC2(CCCN(c3cccnn3)C2)CCC1=O. The fourth-order valence-electron chi connectivity index (χ4n) is 3.71. The predicted molar refractivity (Wildman–Crippen MR) is 83.6 cm³/mol. The van der Waals surface area contributed by atoms with Crippen LogP contribution in [0.3, 0.4) is 0 Å². The van der Waals surface area contributed by atoms with Crippen LogP contribution in [-0.4, -0.2) is 60.9 Å². The summed E-state index contributed by atoms with van der Waals surface area (Å²) in [5.41, 5.74) is 0.192. The number of nitrogens with zero attached hydrogens (tertiary/aromatic N) is 4. The van der Waals surface area contributed by atoms with Crippen LogP contribution in [0.5, 0.6) is 0 Å². The summed E-state index contributed by atoms with van der Waals surface area (Å²) in [7, 11) is 1.68. The minimum absolute atomic E-state index is 0.192. The second kappa shape index (κ2) is 6.60. The molecule has 0 aromatic carbocycles. The van der Waals surface area contributed by atoms with E-state index in [1.807, 2.05) is 17.0 Å². The normalized spacial score (nSPS) is 25.8. The van der Waals surface area contributed by atoms with Crippen molar-refractivity contribution >= 4 is 11.7 Å². The average molecular weight is 304 g/mol. The molecule has 1 amide bonds. The molecule has 2 aliphatic rings. The van der Waals surface area contributed by atoms with Crippen LogP contribution in [0.4, 0.5) is 5.82 Å². The largest absolute Gasteiger partial charge is 0.383 e. The zero-order chi connectivity index (χ0) is 15.4. The molecule has 2 fully saturated rings. The van der Waals surface area contributed by atoms with Gasteiger partial charge in [0, 0.05) is 51.3 Å². The van der Waals surface area contributed by atoms with Crippen molar-refractivity contribution < 1.29 is 9.53 Å². The van der Waals surface area contributed by atoms with Crippen molar-refractivity contribution in [3.05, 3.63) is 18.3 Å². The number of anilines is 1. The molecule has 6 heteroatoms. The van der Waals surface area contributed by atoms with Crippen LogP contribution < -0.4 is 4.90 Å². The smallest absolute Gasteiger partial charge is 0.222 e. The molecule has 3 heterocycles. The lowest BCUT2D eigenvalue weighted by Crippen LogP contribution is -2.54. The Morgan fingerprint density at radius 2 is 2.27 bits per heavy atom. The number of rotatable bonds is 4. The number of piperidine rings is 2. The highest BCUT2D eigenvalue weighted by Gasteiger charge is 2.41. The fourth-order valence-corrected chi connectivity index (χ4v) is 3.71. The monoisotopic (exact) mass is 304 g/mol. The lowest BCUT2D eigenvalue weighted by Gasteiger charge is -2.48. The van der Waals surface area contributed by atoms with E-state index in [0.717, 1.165) is 38.3 Å². The summed E-state index contributed by atoms with van der Waals surface area (Å²) in [5, 5.41) is 8.23. The van der Waals surface area contributed by atoms with Gasteiger partial charge in [0.15, 0.2) is 5.82 Å². The van der Waals surface area contributed by atoms with Crippen LogP contribution in [-0.2, 0) is 9.53 Å². The van der Waals surface area contributed by atoms with Gasteiger partial charge in [-0.3, -0.25) is 4.79 Å². The van der Waals surface area contributed by atoms with Gasteiger partial charge in [0.2, 0.25) is 5.91 Å². The molecule has 0 bridgehead atoms. The maximum absolute atomic E-state index is 12.1. The summed E-state index contributed by atoms with van der Waals surface area (Å²) < 4.78 is 5.14. The molecule has 1 aromatic heterocycles. The van der Waals surface area contributed by atoms with Gasteiger partial charge < -0.3 is 14.5 Å². The lowest BCUT2D eigenvalue weighted by atomic mass is 9.73. The first-order chi connectivity index (χ1) is 10.7. The van der Waals surface area contributed by atoms with Gasteiger partial charge in [-0.05, 0) is 31.4 Å². The second-order valence-electron chi connectivity index (χ2n) is 6.42. The molecule has 0 radical (unpaired) electrons. The number of ether oxygens (including phenoxy) is 1. The van der Waals surface area contributed by atoms with Gasteiger partial charge in [-0.1, -0.05) is 0 Å². The van der Waals surface area contributed by atoms with Gasteiger partial charge >= 0.3 is 0 Å². The first kappa shape index (κ1) is 15.2. The van der Waals surface area contributed by atoms with Crippen LogP contribution in [0, 0.1) is 5.41 Å². The zero-order valence-electron chi connectivity index (χ0n) is 13.2. The summed E-state index contributed by atoms with van der Waals surface area (Å²) >= 11 is 0. The molecule has 1 aromatic rings. The number of carbonyl (C=O) groups is 1. The van der Waals surface area contributed by atoms with E-state index in [4.69, 9.17) is 4.74 Å². The number of aromatic nitrogens is 2.